The summed E-state index contributed by atoms with van der Waals surface area (Å²) >= 11 is 1.32. The number of carboxylic acids is 1. The van der Waals surface area contributed by atoms with E-state index in [0.29, 0.717) is 10.6 Å². The first-order valence-corrected chi connectivity index (χ1v) is 10.5. The van der Waals surface area contributed by atoms with Crippen LogP contribution in [0, 0.1) is 19.3 Å². The zero-order chi connectivity index (χ0) is 21.2. The molecule has 1 aliphatic carbocycles. The summed E-state index contributed by atoms with van der Waals surface area (Å²) in [4.78, 5) is 37.2. The van der Waals surface area contributed by atoms with E-state index in [-0.39, 0.29) is 18.7 Å². The molecular weight excluding hydrogens is 388 g/mol. The Labute approximate surface area is 174 Å². The van der Waals surface area contributed by atoms with Gasteiger partial charge >= 0.3 is 5.97 Å². The molecular formula is C22H26N2O4S. The molecule has 0 spiro atoms. The van der Waals surface area contributed by atoms with E-state index < -0.39 is 17.3 Å². The van der Waals surface area contributed by atoms with E-state index in [1.165, 1.54) is 11.3 Å². The molecule has 2 amide bonds. The van der Waals surface area contributed by atoms with E-state index in [4.69, 9.17) is 5.73 Å². The normalized spacial score (nSPS) is 15.2. The molecule has 154 valence electrons. The minimum absolute atomic E-state index is 0.0127. The maximum atomic E-state index is 12.8. The quantitative estimate of drug-likeness (QED) is 0.620. The number of hydrogen-bond donors (Lipinski definition) is 3. The molecule has 1 saturated carbocycles. The molecule has 1 fully saturated rings. The van der Waals surface area contributed by atoms with Gasteiger partial charge in [-0.15, -0.1) is 11.3 Å². The smallest absolute Gasteiger partial charge is 0.303 e. The van der Waals surface area contributed by atoms with Crippen molar-refractivity contribution >= 4 is 34.1 Å². The molecule has 7 heteroatoms. The van der Waals surface area contributed by atoms with E-state index in [0.717, 1.165) is 47.3 Å². The SMILES string of the molecule is Cc1ccc(-c2c(C)sc(NC(=O)CC3(CC(=O)O)CCCC3)c2C(N)=O)cc1. The number of carbonyl (C=O) groups is 3. The number of anilines is 1. The third-order valence-electron chi connectivity index (χ3n) is 5.65. The summed E-state index contributed by atoms with van der Waals surface area (Å²) in [5, 5.41) is 12.5. The number of aliphatic carboxylic acids is 1. The van der Waals surface area contributed by atoms with Crippen molar-refractivity contribution in [3.63, 3.8) is 0 Å². The predicted molar refractivity (Wildman–Crippen MR) is 114 cm³/mol. The van der Waals surface area contributed by atoms with Gasteiger partial charge in [-0.3, -0.25) is 14.4 Å². The maximum Gasteiger partial charge on any atom is 0.303 e. The first-order valence-electron chi connectivity index (χ1n) is 9.73. The van der Waals surface area contributed by atoms with Crippen LogP contribution in [0.1, 0.15) is 59.3 Å². The van der Waals surface area contributed by atoms with Crippen molar-refractivity contribution < 1.29 is 19.5 Å². The largest absolute Gasteiger partial charge is 0.481 e. The van der Waals surface area contributed by atoms with E-state index in [1.807, 2.05) is 38.1 Å². The van der Waals surface area contributed by atoms with Crippen molar-refractivity contribution in [1.82, 2.24) is 0 Å². The first kappa shape index (κ1) is 21.0. The molecule has 0 atom stereocenters. The van der Waals surface area contributed by atoms with Gasteiger partial charge in [0.25, 0.3) is 5.91 Å². The standard InChI is InChI=1S/C22H26N2O4S/c1-13-5-7-15(8-6-13)18-14(2)29-21(19(18)20(23)28)24-16(25)11-22(12-17(26)27)9-3-4-10-22/h5-8H,3-4,9-12H2,1-2H3,(H2,23,28)(H,24,25)(H,26,27). The van der Waals surface area contributed by atoms with Gasteiger partial charge in [-0.2, -0.15) is 0 Å². The Bertz CT molecular complexity index is 940. The Morgan fingerprint density at radius 1 is 1.10 bits per heavy atom. The topological polar surface area (TPSA) is 109 Å². The number of benzene rings is 1. The average molecular weight is 415 g/mol. The monoisotopic (exact) mass is 414 g/mol. The number of aryl methyl sites for hydroxylation is 2. The molecule has 0 bridgehead atoms. The molecule has 0 radical (unpaired) electrons. The molecule has 3 rings (SSSR count). The van der Waals surface area contributed by atoms with Crippen molar-refractivity contribution in [3.05, 3.63) is 40.3 Å². The van der Waals surface area contributed by atoms with E-state index in [1.54, 1.807) is 0 Å². The summed E-state index contributed by atoms with van der Waals surface area (Å²) in [5.41, 5.74) is 8.18. The van der Waals surface area contributed by atoms with Crippen molar-refractivity contribution in [3.8, 4) is 11.1 Å². The van der Waals surface area contributed by atoms with Crippen molar-refractivity contribution in [2.75, 3.05) is 5.32 Å². The molecule has 1 aromatic carbocycles. The zero-order valence-electron chi connectivity index (χ0n) is 16.7. The molecule has 2 aromatic rings. The van der Waals surface area contributed by atoms with Gasteiger partial charge in [0.2, 0.25) is 5.91 Å². The highest BCUT2D eigenvalue weighted by Crippen LogP contribution is 2.45. The fourth-order valence-corrected chi connectivity index (χ4v) is 5.41. The Hall–Kier alpha value is -2.67. The maximum absolute atomic E-state index is 12.8. The van der Waals surface area contributed by atoms with Crippen molar-refractivity contribution in [2.45, 2.75) is 52.4 Å². The number of primary amides is 1. The molecule has 1 aromatic heterocycles. The number of carboxylic acid groups (broad SMARTS) is 1. The Morgan fingerprint density at radius 3 is 2.28 bits per heavy atom. The first-order chi connectivity index (χ1) is 13.7. The van der Waals surface area contributed by atoms with Gasteiger partial charge in [0, 0.05) is 16.9 Å². The lowest BCUT2D eigenvalue weighted by Gasteiger charge is -2.26. The van der Waals surface area contributed by atoms with Gasteiger partial charge in [0.1, 0.15) is 5.00 Å². The zero-order valence-corrected chi connectivity index (χ0v) is 17.5. The lowest BCUT2D eigenvalue weighted by molar-refractivity contribution is -0.140. The minimum atomic E-state index is -0.883. The van der Waals surface area contributed by atoms with Crippen LogP contribution in [-0.4, -0.2) is 22.9 Å². The van der Waals surface area contributed by atoms with Crippen LogP contribution in [0.25, 0.3) is 11.1 Å². The van der Waals surface area contributed by atoms with Crippen LogP contribution in [0.4, 0.5) is 5.00 Å². The number of nitrogens with two attached hydrogens (primary N) is 1. The van der Waals surface area contributed by atoms with Crippen LogP contribution in [0.15, 0.2) is 24.3 Å². The van der Waals surface area contributed by atoms with Crippen LogP contribution in [0.3, 0.4) is 0 Å². The number of hydrogen-bond acceptors (Lipinski definition) is 4. The predicted octanol–water partition coefficient (Wildman–Crippen LogP) is 4.49. The minimum Gasteiger partial charge on any atom is -0.481 e. The van der Waals surface area contributed by atoms with Crippen LogP contribution in [-0.2, 0) is 9.59 Å². The van der Waals surface area contributed by atoms with E-state index >= 15 is 0 Å². The number of rotatable bonds is 7. The molecule has 0 saturated heterocycles. The number of nitrogens with one attached hydrogen (secondary N) is 1. The summed E-state index contributed by atoms with van der Waals surface area (Å²) in [6, 6.07) is 7.79. The van der Waals surface area contributed by atoms with E-state index in [2.05, 4.69) is 5.32 Å². The molecule has 0 aliphatic heterocycles. The highest BCUT2D eigenvalue weighted by molar-refractivity contribution is 7.17. The number of amides is 2. The van der Waals surface area contributed by atoms with Crippen molar-refractivity contribution in [2.24, 2.45) is 11.1 Å². The van der Waals surface area contributed by atoms with Gasteiger partial charge in [0.15, 0.2) is 0 Å². The van der Waals surface area contributed by atoms with Gasteiger partial charge in [0.05, 0.1) is 12.0 Å². The van der Waals surface area contributed by atoms with Gasteiger partial charge in [-0.25, -0.2) is 0 Å². The molecule has 0 unspecified atom stereocenters. The fourth-order valence-electron chi connectivity index (χ4n) is 4.31. The van der Waals surface area contributed by atoms with Gasteiger partial charge in [-0.05, 0) is 37.7 Å². The van der Waals surface area contributed by atoms with Crippen LogP contribution in [0.2, 0.25) is 0 Å². The second-order valence-electron chi connectivity index (χ2n) is 7.97. The van der Waals surface area contributed by atoms with Crippen LogP contribution < -0.4 is 11.1 Å². The van der Waals surface area contributed by atoms with Crippen molar-refractivity contribution in [1.29, 1.82) is 0 Å². The summed E-state index contributed by atoms with van der Waals surface area (Å²) < 4.78 is 0. The lowest BCUT2D eigenvalue weighted by Crippen LogP contribution is -2.28. The van der Waals surface area contributed by atoms with E-state index in [9.17, 15) is 19.5 Å². The Kier molecular flexibility index (Phi) is 6.07. The van der Waals surface area contributed by atoms with Gasteiger partial charge < -0.3 is 16.2 Å². The van der Waals surface area contributed by atoms with Crippen LogP contribution >= 0.6 is 11.3 Å². The third-order valence-corrected chi connectivity index (χ3v) is 6.67. The molecule has 4 N–H and O–H groups in total. The summed E-state index contributed by atoms with van der Waals surface area (Å²) in [7, 11) is 0. The lowest BCUT2D eigenvalue weighted by atomic mass is 9.79. The Morgan fingerprint density at radius 2 is 1.72 bits per heavy atom. The summed E-state index contributed by atoms with van der Waals surface area (Å²) in [6.07, 6.45) is 3.45. The van der Waals surface area contributed by atoms with Crippen LogP contribution in [0.5, 0.6) is 0 Å². The second-order valence-corrected chi connectivity index (χ2v) is 9.19. The molecule has 29 heavy (non-hydrogen) atoms. The molecule has 1 heterocycles. The highest BCUT2D eigenvalue weighted by Gasteiger charge is 2.38. The highest BCUT2D eigenvalue weighted by atomic mass is 32.1. The molecule has 6 nitrogen and oxygen atoms in total. The fraction of sp³-hybridized carbons (Fsp3) is 0.409. The average Bonchev–Trinajstić information content (AvgIpc) is 3.19. The van der Waals surface area contributed by atoms with Gasteiger partial charge in [-0.1, -0.05) is 42.7 Å². The third kappa shape index (κ3) is 4.67. The second kappa shape index (κ2) is 8.37. The number of thiophene rings is 1. The molecule has 1 aliphatic rings. The number of carbonyl (C=O) groups excluding carboxylic acids is 2. The summed E-state index contributed by atoms with van der Waals surface area (Å²) in [5.74, 6) is -1.75. The summed E-state index contributed by atoms with van der Waals surface area (Å²) in [6.45, 7) is 3.88. The Balaban J connectivity index is 1.88.